The summed E-state index contributed by atoms with van der Waals surface area (Å²) in [6.45, 7) is 3.77. The molecule has 1 fully saturated rings. The molecule has 0 spiro atoms. The molecule has 0 bridgehead atoms. The first-order valence-electron chi connectivity index (χ1n) is 15.5. The van der Waals surface area contributed by atoms with Crippen LogP contribution in [0.5, 0.6) is 0 Å². The number of guanidine groups is 1. The molecule has 2 aromatic heterocycles. The molecule has 12 nitrogen and oxygen atoms in total. The Kier molecular flexibility index (Phi) is 9.90. The second kappa shape index (κ2) is 13.6. The molecule has 1 aliphatic rings. The molecule has 4 aromatic rings. The molecule has 1 saturated heterocycles. The number of alkyl halides is 5. The molecule has 0 unspecified atom stereocenters. The molecular formula is C33H35ClF5N9O3. The van der Waals surface area contributed by atoms with Gasteiger partial charge < -0.3 is 15.4 Å². The van der Waals surface area contributed by atoms with E-state index in [-0.39, 0.29) is 17.4 Å². The van der Waals surface area contributed by atoms with Gasteiger partial charge in [0.25, 0.3) is 5.91 Å². The number of hydrogen-bond acceptors (Lipinski definition) is 7. The van der Waals surface area contributed by atoms with E-state index in [9.17, 15) is 31.5 Å². The van der Waals surface area contributed by atoms with Gasteiger partial charge in [-0.3, -0.25) is 15.1 Å². The number of carbonyl (C=O) groups is 2. The minimum absolute atomic E-state index is 0.166. The first-order chi connectivity index (χ1) is 23.7. The number of amides is 2. The Morgan fingerprint density at radius 2 is 1.75 bits per heavy atom. The molecule has 2 atom stereocenters. The Balaban J connectivity index is 1.55. The quantitative estimate of drug-likeness (QED) is 0.149. The van der Waals surface area contributed by atoms with Gasteiger partial charge in [0.2, 0.25) is 0 Å². The minimum atomic E-state index is -4.79. The molecular weight excluding hydrogens is 701 g/mol. The second-order valence-electron chi connectivity index (χ2n) is 13.8. The zero-order valence-corrected chi connectivity index (χ0v) is 28.9. The summed E-state index contributed by atoms with van der Waals surface area (Å²) >= 11 is 6.46. The third-order valence-corrected chi connectivity index (χ3v) is 8.61. The third kappa shape index (κ3) is 7.67. The van der Waals surface area contributed by atoms with Gasteiger partial charge in [-0.25, -0.2) is 19.1 Å². The fourth-order valence-corrected chi connectivity index (χ4v) is 5.96. The van der Waals surface area contributed by atoms with Gasteiger partial charge in [-0.1, -0.05) is 62.7 Å². The fourth-order valence-electron chi connectivity index (χ4n) is 5.76. The van der Waals surface area contributed by atoms with Crippen LogP contribution >= 0.6 is 11.6 Å². The molecule has 1 aliphatic heterocycles. The van der Waals surface area contributed by atoms with Crippen LogP contribution in [0.15, 0.2) is 67.5 Å². The standard InChI is InChI=1S/C33H35ClF5N9O3/c1-30(2,3)16-32(22-9-6-19(7-10-22)21-13-42-46(14-21)27(35)36)26(49)48(28(40)44-32)25(15-51-29(50)45-31(4,5)33(37,38)39)20-8-11-23(34)24(12-20)47-18-41-17-43-47/h6-14,17-18,25,27H,15-16H2,1-5H3,(H2,40,44)(H,45,50)/t25-,32-/m1/s1. The molecule has 3 N–H and O–H groups in total. The van der Waals surface area contributed by atoms with E-state index in [1.54, 1.807) is 30.3 Å². The van der Waals surface area contributed by atoms with E-state index in [4.69, 9.17) is 21.7 Å². The molecule has 0 aliphatic carbocycles. The van der Waals surface area contributed by atoms with Crippen LogP contribution in [0.25, 0.3) is 16.8 Å². The summed E-state index contributed by atoms with van der Waals surface area (Å²) in [7, 11) is 0. The lowest BCUT2D eigenvalue weighted by Crippen LogP contribution is -2.54. The van der Waals surface area contributed by atoms with E-state index in [0.29, 0.717) is 32.6 Å². The van der Waals surface area contributed by atoms with Crippen molar-refractivity contribution in [3.8, 4) is 16.8 Å². The minimum Gasteiger partial charge on any atom is -0.447 e. The predicted molar refractivity (Wildman–Crippen MR) is 176 cm³/mol. The van der Waals surface area contributed by atoms with Crippen LogP contribution in [-0.2, 0) is 15.1 Å². The summed E-state index contributed by atoms with van der Waals surface area (Å²) in [5, 5.41) is 21.9. The molecule has 51 heavy (non-hydrogen) atoms. The van der Waals surface area contributed by atoms with Crippen LogP contribution in [0, 0.1) is 10.8 Å². The lowest BCUT2D eigenvalue weighted by Gasteiger charge is -2.35. The van der Waals surface area contributed by atoms with Gasteiger partial charge in [0, 0.05) is 11.8 Å². The number of rotatable bonds is 10. The van der Waals surface area contributed by atoms with Crippen LogP contribution in [0.4, 0.5) is 26.7 Å². The van der Waals surface area contributed by atoms with Gasteiger partial charge in [0.05, 0.1) is 22.9 Å². The summed E-state index contributed by atoms with van der Waals surface area (Å²) < 4.78 is 74.1. The molecule has 3 heterocycles. The topological polar surface area (TPSA) is 143 Å². The van der Waals surface area contributed by atoms with Gasteiger partial charge in [-0.2, -0.15) is 32.1 Å². The zero-order valence-electron chi connectivity index (χ0n) is 28.1. The maximum absolute atomic E-state index is 14.8. The smallest absolute Gasteiger partial charge is 0.411 e. The summed E-state index contributed by atoms with van der Waals surface area (Å²) in [6.07, 6.45) is -0.891. The van der Waals surface area contributed by atoms with Crippen molar-refractivity contribution in [1.82, 2.24) is 40.1 Å². The number of halogens is 6. The fraction of sp³-hybridized carbons (Fsp3) is 0.394. The van der Waals surface area contributed by atoms with E-state index in [2.05, 4.69) is 20.5 Å². The van der Waals surface area contributed by atoms with Gasteiger partial charge in [-0.05, 0) is 54.5 Å². The first kappa shape index (κ1) is 37.2. The number of nitrogens with one attached hydrogen (secondary N) is 3. The van der Waals surface area contributed by atoms with Crippen molar-refractivity contribution in [2.75, 3.05) is 6.61 Å². The van der Waals surface area contributed by atoms with E-state index < -0.39 is 53.9 Å². The van der Waals surface area contributed by atoms with Crippen molar-refractivity contribution in [2.24, 2.45) is 5.41 Å². The molecule has 0 saturated carbocycles. The van der Waals surface area contributed by atoms with Crippen molar-refractivity contribution in [3.63, 3.8) is 0 Å². The highest BCUT2D eigenvalue weighted by Crippen LogP contribution is 2.43. The van der Waals surface area contributed by atoms with Gasteiger partial charge >= 0.3 is 18.8 Å². The highest BCUT2D eigenvalue weighted by atomic mass is 35.5. The molecule has 2 amide bonds. The Morgan fingerprint density at radius 1 is 1.06 bits per heavy atom. The van der Waals surface area contributed by atoms with Crippen LogP contribution in [-0.4, -0.2) is 65.7 Å². The highest BCUT2D eigenvalue weighted by molar-refractivity contribution is 6.32. The van der Waals surface area contributed by atoms with E-state index in [0.717, 1.165) is 18.7 Å². The largest absolute Gasteiger partial charge is 0.447 e. The molecule has 2 aromatic carbocycles. The normalized spacial score (nSPS) is 17.5. The Morgan fingerprint density at radius 3 is 2.31 bits per heavy atom. The monoisotopic (exact) mass is 735 g/mol. The average molecular weight is 736 g/mol. The maximum atomic E-state index is 14.8. The van der Waals surface area contributed by atoms with Crippen molar-refractivity contribution < 1.29 is 36.3 Å². The zero-order chi connectivity index (χ0) is 37.5. The Labute approximate surface area is 294 Å². The van der Waals surface area contributed by atoms with Crippen LogP contribution in [0.3, 0.4) is 0 Å². The number of hydrogen-bond donors (Lipinski definition) is 3. The summed E-state index contributed by atoms with van der Waals surface area (Å²) in [5.74, 6) is -0.976. The molecule has 18 heteroatoms. The number of ether oxygens (including phenoxy) is 1. The summed E-state index contributed by atoms with van der Waals surface area (Å²) in [6, 6.07) is 9.92. The summed E-state index contributed by atoms with van der Waals surface area (Å²) in [4.78, 5) is 32.6. The average Bonchev–Trinajstić information content (AvgIpc) is 3.79. The van der Waals surface area contributed by atoms with Crippen LogP contribution in [0.1, 0.15) is 64.8 Å². The molecule has 0 radical (unpaired) electrons. The number of alkyl carbamates (subject to hydrolysis) is 1. The van der Waals surface area contributed by atoms with E-state index >= 15 is 0 Å². The number of benzene rings is 2. The third-order valence-electron chi connectivity index (χ3n) is 8.29. The number of carbonyl (C=O) groups excluding carboxylic acids is 2. The maximum Gasteiger partial charge on any atom is 0.411 e. The van der Waals surface area contributed by atoms with Crippen molar-refractivity contribution >= 4 is 29.6 Å². The predicted octanol–water partition coefficient (Wildman–Crippen LogP) is 6.99. The van der Waals surface area contributed by atoms with Crippen molar-refractivity contribution in [2.45, 2.75) is 70.9 Å². The highest BCUT2D eigenvalue weighted by Gasteiger charge is 2.55. The summed E-state index contributed by atoms with van der Waals surface area (Å²) in [5.41, 5.74) is -2.63. The Bertz CT molecular complexity index is 1910. The first-order valence-corrected chi connectivity index (χ1v) is 15.9. The van der Waals surface area contributed by atoms with Gasteiger partial charge in [-0.15, -0.1) is 0 Å². The molecule has 272 valence electrons. The van der Waals surface area contributed by atoms with Gasteiger partial charge in [0.15, 0.2) is 5.96 Å². The van der Waals surface area contributed by atoms with Crippen LogP contribution in [0.2, 0.25) is 5.02 Å². The SMILES string of the molecule is CC(C)(C)C[C@]1(c2ccc(-c3cnn(C(F)F)c3)cc2)NC(=N)N([C@H](COC(=O)NC(C)(C)C(F)(F)F)c2ccc(Cl)c(-n3cncn3)c2)C1=O. The van der Waals surface area contributed by atoms with E-state index in [1.807, 2.05) is 26.1 Å². The second-order valence-corrected chi connectivity index (χ2v) is 14.2. The number of nitrogens with zero attached hydrogens (tertiary/aromatic N) is 6. The lowest BCUT2D eigenvalue weighted by molar-refractivity contribution is -0.183. The molecule has 5 rings (SSSR count). The van der Waals surface area contributed by atoms with Crippen LogP contribution < -0.4 is 10.6 Å². The van der Waals surface area contributed by atoms with Gasteiger partial charge in [0.1, 0.15) is 30.3 Å². The lowest BCUT2D eigenvalue weighted by atomic mass is 9.75. The number of aromatic nitrogens is 5. The van der Waals surface area contributed by atoms with Crippen molar-refractivity contribution in [1.29, 1.82) is 5.41 Å². The van der Waals surface area contributed by atoms with Crippen molar-refractivity contribution in [3.05, 3.63) is 83.7 Å². The Hall–Kier alpha value is -5.06. The van der Waals surface area contributed by atoms with E-state index in [1.165, 1.54) is 41.9 Å².